The lowest BCUT2D eigenvalue weighted by molar-refractivity contribution is 0.483. The zero-order valence-electron chi connectivity index (χ0n) is 45.6. The van der Waals surface area contributed by atoms with Gasteiger partial charge in [-0.15, -0.1) is 0 Å². The van der Waals surface area contributed by atoms with Crippen LogP contribution < -0.4 is 26.0 Å². The summed E-state index contributed by atoms with van der Waals surface area (Å²) in [4.78, 5) is 2.62. The number of hydrogen-bond donors (Lipinski definition) is 0. The van der Waals surface area contributed by atoms with Gasteiger partial charge in [0.25, 0.3) is 6.71 Å². The minimum Gasteiger partial charge on any atom is -0.458 e. The van der Waals surface area contributed by atoms with Gasteiger partial charge < -0.3 is 9.64 Å². The van der Waals surface area contributed by atoms with Crippen molar-refractivity contribution in [3.8, 4) is 89.4 Å². The molecular weight excluding hydrogens is 978 g/mol. The number of nitrogens with zero attached hydrogens (tertiary/aromatic N) is 1. The predicted octanol–water partition coefficient (Wildman–Crippen LogP) is 19.4. The molecule has 2 heterocycles. The zero-order valence-corrected chi connectivity index (χ0v) is 45.6. The van der Waals surface area contributed by atoms with Gasteiger partial charge in [-0.05, 0) is 158 Å². The van der Waals surface area contributed by atoms with Crippen LogP contribution in [0.15, 0.2) is 285 Å². The SMILES string of the molecule is CC(C)(C)c1cc2c3c(c1)N(c1c(-c4ccccc4)cc(-c4ccccc4)cc1-c1ccccc1)c1cc(-c4ccc5c(-c6ccccc6)c6ccccc6c(-c6ccccc6)c5c4)ccc1B3c1ccc(-c3ccccc3)cc1O2. The molecule has 3 heteroatoms. The van der Waals surface area contributed by atoms with E-state index in [2.05, 4.69) is 311 Å². The lowest BCUT2D eigenvalue weighted by atomic mass is 9.34. The van der Waals surface area contributed by atoms with Crippen molar-refractivity contribution in [2.75, 3.05) is 4.90 Å². The van der Waals surface area contributed by atoms with Crippen LogP contribution in [0.1, 0.15) is 26.3 Å². The van der Waals surface area contributed by atoms with Crippen molar-refractivity contribution in [3.05, 3.63) is 291 Å². The molecule has 2 nitrogen and oxygen atoms in total. The van der Waals surface area contributed by atoms with Crippen LogP contribution in [0.4, 0.5) is 17.1 Å². The van der Waals surface area contributed by atoms with Gasteiger partial charge >= 0.3 is 0 Å². The van der Waals surface area contributed by atoms with Gasteiger partial charge in [-0.1, -0.05) is 263 Å². The molecule has 15 rings (SSSR count). The molecular formula is C78H56BNO. The van der Waals surface area contributed by atoms with E-state index in [0.717, 1.165) is 84.1 Å². The highest BCUT2D eigenvalue weighted by Gasteiger charge is 2.44. The molecule has 0 atom stereocenters. The summed E-state index contributed by atoms with van der Waals surface area (Å²) in [7, 11) is 0. The topological polar surface area (TPSA) is 12.5 Å². The van der Waals surface area contributed by atoms with Gasteiger partial charge in [0.05, 0.1) is 5.69 Å². The van der Waals surface area contributed by atoms with Crippen LogP contribution in [0, 0.1) is 0 Å². The van der Waals surface area contributed by atoms with Crippen LogP contribution in [0.2, 0.25) is 0 Å². The molecule has 81 heavy (non-hydrogen) atoms. The predicted molar refractivity (Wildman–Crippen MR) is 344 cm³/mol. The van der Waals surface area contributed by atoms with Crippen LogP contribution in [0.5, 0.6) is 11.5 Å². The van der Waals surface area contributed by atoms with Crippen molar-refractivity contribution in [3.63, 3.8) is 0 Å². The van der Waals surface area contributed by atoms with Crippen molar-refractivity contribution >= 4 is 61.7 Å². The summed E-state index contributed by atoms with van der Waals surface area (Å²) < 4.78 is 7.36. The third-order valence-electron chi connectivity index (χ3n) is 16.8. The highest BCUT2D eigenvalue weighted by Crippen LogP contribution is 2.52. The largest absolute Gasteiger partial charge is 0.458 e. The normalized spacial score (nSPS) is 12.4. The Hall–Kier alpha value is -9.96. The molecule has 0 spiro atoms. The lowest BCUT2D eigenvalue weighted by Crippen LogP contribution is -2.59. The van der Waals surface area contributed by atoms with Gasteiger partial charge in [-0.25, -0.2) is 0 Å². The average molecular weight is 1030 g/mol. The summed E-state index contributed by atoms with van der Waals surface area (Å²) in [5.74, 6) is 1.79. The fourth-order valence-electron chi connectivity index (χ4n) is 12.9. The van der Waals surface area contributed by atoms with Crippen molar-refractivity contribution in [2.45, 2.75) is 26.2 Å². The van der Waals surface area contributed by atoms with Crippen molar-refractivity contribution < 1.29 is 4.74 Å². The third kappa shape index (κ3) is 8.27. The minimum absolute atomic E-state index is 0.122. The maximum absolute atomic E-state index is 7.36. The second kappa shape index (κ2) is 19.4. The van der Waals surface area contributed by atoms with E-state index < -0.39 is 0 Å². The van der Waals surface area contributed by atoms with Gasteiger partial charge in [0.15, 0.2) is 0 Å². The van der Waals surface area contributed by atoms with E-state index in [4.69, 9.17) is 4.74 Å². The molecule has 0 saturated heterocycles. The molecule has 0 aliphatic carbocycles. The van der Waals surface area contributed by atoms with Gasteiger partial charge in [0, 0.05) is 22.5 Å². The quantitative estimate of drug-likeness (QED) is 0.111. The minimum atomic E-state index is -0.212. The summed E-state index contributed by atoms with van der Waals surface area (Å²) in [6.45, 7) is 6.83. The molecule has 13 aromatic rings. The number of benzene rings is 13. The summed E-state index contributed by atoms with van der Waals surface area (Å²) in [5.41, 5.74) is 24.3. The highest BCUT2D eigenvalue weighted by molar-refractivity contribution is 6.99. The molecule has 382 valence electrons. The number of fused-ring (bicyclic) bond motifs is 6. The Balaban J connectivity index is 1.05. The Morgan fingerprint density at radius 2 is 0.741 bits per heavy atom. The smallest absolute Gasteiger partial charge is 0.256 e. The Labute approximate surface area is 475 Å². The number of hydrogen-bond acceptors (Lipinski definition) is 2. The molecule has 0 bridgehead atoms. The third-order valence-corrected chi connectivity index (χ3v) is 16.8. The van der Waals surface area contributed by atoms with Crippen LogP contribution in [0.3, 0.4) is 0 Å². The summed E-state index contributed by atoms with van der Waals surface area (Å²) >= 11 is 0. The van der Waals surface area contributed by atoms with Gasteiger partial charge in [-0.2, -0.15) is 0 Å². The first kappa shape index (κ1) is 48.2. The molecule has 0 amide bonds. The Morgan fingerprint density at radius 1 is 0.309 bits per heavy atom. The molecule has 13 aromatic carbocycles. The van der Waals surface area contributed by atoms with E-state index in [0.29, 0.717) is 0 Å². The van der Waals surface area contributed by atoms with Crippen LogP contribution in [-0.2, 0) is 5.41 Å². The fraction of sp³-hybridized carbons (Fsp3) is 0.0513. The number of anilines is 3. The first-order chi connectivity index (χ1) is 39.8. The van der Waals surface area contributed by atoms with Gasteiger partial charge in [-0.3, -0.25) is 0 Å². The monoisotopic (exact) mass is 1030 g/mol. The highest BCUT2D eigenvalue weighted by atomic mass is 16.5. The molecule has 0 unspecified atom stereocenters. The zero-order chi connectivity index (χ0) is 54.2. The molecule has 0 radical (unpaired) electrons. The second-order valence-electron chi connectivity index (χ2n) is 22.7. The molecule has 0 fully saturated rings. The number of rotatable bonds is 8. The second-order valence-corrected chi connectivity index (χ2v) is 22.7. The average Bonchev–Trinajstić information content (AvgIpc) is 3.69. The Kier molecular flexibility index (Phi) is 11.6. The maximum atomic E-state index is 7.36. The Morgan fingerprint density at radius 3 is 1.28 bits per heavy atom. The van der Waals surface area contributed by atoms with Crippen molar-refractivity contribution in [2.24, 2.45) is 0 Å². The van der Waals surface area contributed by atoms with E-state index in [-0.39, 0.29) is 12.1 Å². The molecule has 0 aromatic heterocycles. The van der Waals surface area contributed by atoms with Crippen molar-refractivity contribution in [1.29, 1.82) is 0 Å². The van der Waals surface area contributed by atoms with E-state index >= 15 is 0 Å². The van der Waals surface area contributed by atoms with Crippen LogP contribution >= 0.6 is 0 Å². The first-order valence-corrected chi connectivity index (χ1v) is 28.3. The van der Waals surface area contributed by atoms with Crippen LogP contribution in [-0.4, -0.2) is 6.71 Å². The fourth-order valence-corrected chi connectivity index (χ4v) is 12.9. The maximum Gasteiger partial charge on any atom is 0.256 e. The molecule has 0 N–H and O–H groups in total. The van der Waals surface area contributed by atoms with E-state index in [1.807, 2.05) is 0 Å². The van der Waals surface area contributed by atoms with Crippen LogP contribution in [0.25, 0.3) is 99.4 Å². The molecule has 2 aliphatic heterocycles. The Bertz CT molecular complexity index is 4490. The summed E-state index contributed by atoms with van der Waals surface area (Å²) in [6, 6.07) is 105. The van der Waals surface area contributed by atoms with E-state index in [9.17, 15) is 0 Å². The number of ether oxygens (including phenoxy) is 1. The first-order valence-electron chi connectivity index (χ1n) is 28.3. The van der Waals surface area contributed by atoms with E-state index in [1.54, 1.807) is 0 Å². The molecule has 0 saturated carbocycles. The lowest BCUT2D eigenvalue weighted by Gasteiger charge is -2.42. The molecule has 2 aliphatic rings. The van der Waals surface area contributed by atoms with Crippen molar-refractivity contribution in [1.82, 2.24) is 0 Å². The summed E-state index contributed by atoms with van der Waals surface area (Å²) in [5, 5.41) is 4.93. The summed E-state index contributed by atoms with van der Waals surface area (Å²) in [6.07, 6.45) is 0. The standard InChI is InChI=1S/C78H56BNO/c1-78(2,3)61-49-71-76-73(50-61)81-72-48-59(51-24-10-4-11-25-51)40-43-69(72)79(76)68-42-39-58(57-38-41-64-67(44-57)75(56-34-20-9-21-35-56)63-37-23-22-36-62(63)74(64)55-32-18-8-19-33-55)47-70(68)80(71)77-65(53-28-14-6-15-29-53)45-60(52-26-12-5-13-27-52)46-66(77)54-30-16-7-17-31-54/h4-50H,1-3H3. The van der Waals surface area contributed by atoms with E-state index in [1.165, 1.54) is 65.9 Å². The van der Waals surface area contributed by atoms with Gasteiger partial charge in [0.1, 0.15) is 11.5 Å². The van der Waals surface area contributed by atoms with Gasteiger partial charge in [0.2, 0.25) is 0 Å².